The standard InChI is InChI=1S/C25H33NO/c1-19-24(22-6-3-2-4-7-22)8-5-9-25(19)26-16-14-21(15-17-26)18-20-10-12-23(27)13-11-20/h2-9,20-21,23,27H,10-18H2,1H3. The molecule has 2 aromatic carbocycles. The van der Waals surface area contributed by atoms with Crippen LogP contribution < -0.4 is 4.90 Å². The molecule has 1 aliphatic carbocycles. The molecule has 0 radical (unpaired) electrons. The highest BCUT2D eigenvalue weighted by molar-refractivity contribution is 5.74. The van der Waals surface area contributed by atoms with Crippen LogP contribution in [-0.4, -0.2) is 24.3 Å². The van der Waals surface area contributed by atoms with Crippen LogP contribution in [0.5, 0.6) is 0 Å². The van der Waals surface area contributed by atoms with Gasteiger partial charge in [0.15, 0.2) is 0 Å². The van der Waals surface area contributed by atoms with E-state index in [1.54, 1.807) is 0 Å². The maximum Gasteiger partial charge on any atom is 0.0540 e. The first-order valence-corrected chi connectivity index (χ1v) is 10.8. The largest absolute Gasteiger partial charge is 0.393 e. The van der Waals surface area contributed by atoms with Gasteiger partial charge in [0.2, 0.25) is 0 Å². The molecule has 1 aliphatic heterocycles. The molecule has 2 aliphatic rings. The second-order valence-corrected chi connectivity index (χ2v) is 8.66. The summed E-state index contributed by atoms with van der Waals surface area (Å²) in [5.74, 6) is 1.73. The van der Waals surface area contributed by atoms with Crippen LogP contribution in [0.3, 0.4) is 0 Å². The van der Waals surface area contributed by atoms with Gasteiger partial charge in [-0.2, -0.15) is 0 Å². The van der Waals surface area contributed by atoms with E-state index in [1.807, 2.05) is 0 Å². The van der Waals surface area contributed by atoms with Gasteiger partial charge in [0, 0.05) is 18.8 Å². The Balaban J connectivity index is 1.38. The van der Waals surface area contributed by atoms with E-state index < -0.39 is 0 Å². The summed E-state index contributed by atoms with van der Waals surface area (Å²) in [4.78, 5) is 2.60. The third-order valence-electron chi connectivity index (χ3n) is 6.83. The zero-order chi connectivity index (χ0) is 18.6. The van der Waals surface area contributed by atoms with Crippen LogP contribution >= 0.6 is 0 Å². The first-order chi connectivity index (χ1) is 13.2. The molecule has 144 valence electrons. The van der Waals surface area contributed by atoms with Gasteiger partial charge < -0.3 is 10.0 Å². The lowest BCUT2D eigenvalue weighted by Crippen LogP contribution is -2.35. The Morgan fingerprint density at radius 1 is 0.815 bits per heavy atom. The number of rotatable bonds is 4. The topological polar surface area (TPSA) is 23.5 Å². The van der Waals surface area contributed by atoms with Crippen LogP contribution in [0.25, 0.3) is 11.1 Å². The third-order valence-corrected chi connectivity index (χ3v) is 6.83. The minimum Gasteiger partial charge on any atom is -0.393 e. The molecule has 2 heteroatoms. The molecular formula is C25H33NO. The van der Waals surface area contributed by atoms with Crippen LogP contribution in [0.2, 0.25) is 0 Å². The lowest BCUT2D eigenvalue weighted by molar-refractivity contribution is 0.0996. The fourth-order valence-electron chi connectivity index (χ4n) is 5.16. The third kappa shape index (κ3) is 4.38. The van der Waals surface area contributed by atoms with Crippen molar-refractivity contribution in [3.05, 3.63) is 54.1 Å². The van der Waals surface area contributed by atoms with E-state index >= 15 is 0 Å². The van der Waals surface area contributed by atoms with E-state index in [0.29, 0.717) is 0 Å². The summed E-state index contributed by atoms with van der Waals surface area (Å²) in [6, 6.07) is 17.5. The summed E-state index contributed by atoms with van der Waals surface area (Å²) in [6.45, 7) is 4.63. The number of benzene rings is 2. The summed E-state index contributed by atoms with van der Waals surface area (Å²) in [5.41, 5.74) is 5.49. The Bertz CT molecular complexity index is 725. The van der Waals surface area contributed by atoms with E-state index in [4.69, 9.17) is 0 Å². The van der Waals surface area contributed by atoms with Crippen molar-refractivity contribution in [3.63, 3.8) is 0 Å². The minimum absolute atomic E-state index is 0.0250. The van der Waals surface area contributed by atoms with Crippen molar-refractivity contribution in [2.24, 2.45) is 11.8 Å². The lowest BCUT2D eigenvalue weighted by atomic mass is 9.79. The smallest absolute Gasteiger partial charge is 0.0540 e. The number of anilines is 1. The number of nitrogens with zero attached hydrogens (tertiary/aromatic N) is 1. The molecule has 0 unspecified atom stereocenters. The summed E-state index contributed by atoms with van der Waals surface area (Å²) < 4.78 is 0. The normalized spacial score (nSPS) is 24.1. The van der Waals surface area contributed by atoms with E-state index in [1.165, 1.54) is 67.6 Å². The van der Waals surface area contributed by atoms with Gasteiger partial charge in [-0.05, 0) is 86.5 Å². The van der Waals surface area contributed by atoms with Crippen LogP contribution in [0.15, 0.2) is 48.5 Å². The van der Waals surface area contributed by atoms with Gasteiger partial charge >= 0.3 is 0 Å². The van der Waals surface area contributed by atoms with Crippen LogP contribution in [-0.2, 0) is 0 Å². The molecule has 0 amide bonds. The van der Waals surface area contributed by atoms with Crippen molar-refractivity contribution < 1.29 is 5.11 Å². The summed E-state index contributed by atoms with van der Waals surface area (Å²) in [7, 11) is 0. The second-order valence-electron chi connectivity index (χ2n) is 8.66. The molecule has 0 aromatic heterocycles. The van der Waals surface area contributed by atoms with Crippen molar-refractivity contribution >= 4 is 5.69 Å². The van der Waals surface area contributed by atoms with Crippen molar-refractivity contribution in [1.82, 2.24) is 0 Å². The minimum atomic E-state index is -0.0250. The molecule has 4 rings (SSSR count). The van der Waals surface area contributed by atoms with Crippen LogP contribution in [0, 0.1) is 18.8 Å². The van der Waals surface area contributed by atoms with Gasteiger partial charge in [0.05, 0.1) is 6.10 Å². The van der Waals surface area contributed by atoms with E-state index in [2.05, 4.69) is 60.4 Å². The molecule has 0 spiro atoms. The molecule has 2 aromatic rings. The Kier molecular flexibility index (Phi) is 5.83. The highest BCUT2D eigenvalue weighted by atomic mass is 16.3. The number of aliphatic hydroxyl groups is 1. The van der Waals surface area contributed by atoms with Crippen LogP contribution in [0.1, 0.15) is 50.5 Å². The average Bonchev–Trinajstić information content (AvgIpc) is 2.71. The summed E-state index contributed by atoms with van der Waals surface area (Å²) in [6.07, 6.45) is 8.50. The van der Waals surface area contributed by atoms with Gasteiger partial charge in [-0.3, -0.25) is 0 Å². The molecule has 2 fully saturated rings. The first-order valence-electron chi connectivity index (χ1n) is 10.8. The Hall–Kier alpha value is -1.80. The quantitative estimate of drug-likeness (QED) is 0.740. The van der Waals surface area contributed by atoms with E-state index in [-0.39, 0.29) is 6.10 Å². The highest BCUT2D eigenvalue weighted by Crippen LogP contribution is 2.36. The SMILES string of the molecule is Cc1c(-c2ccccc2)cccc1N1CCC(CC2CCC(O)CC2)CC1. The average molecular weight is 364 g/mol. The Labute approximate surface area is 164 Å². The Morgan fingerprint density at radius 3 is 2.19 bits per heavy atom. The maximum atomic E-state index is 9.72. The molecule has 27 heavy (non-hydrogen) atoms. The molecule has 0 atom stereocenters. The molecule has 1 heterocycles. The first kappa shape index (κ1) is 18.6. The fraction of sp³-hybridized carbons (Fsp3) is 0.520. The number of hydrogen-bond donors (Lipinski definition) is 1. The molecule has 0 bridgehead atoms. The predicted molar refractivity (Wildman–Crippen MR) is 114 cm³/mol. The number of piperidine rings is 1. The summed E-state index contributed by atoms with van der Waals surface area (Å²) >= 11 is 0. The lowest BCUT2D eigenvalue weighted by Gasteiger charge is -2.37. The molecule has 1 saturated carbocycles. The number of aliphatic hydroxyl groups excluding tert-OH is 1. The molecule has 2 nitrogen and oxygen atoms in total. The summed E-state index contributed by atoms with van der Waals surface area (Å²) in [5, 5.41) is 9.72. The van der Waals surface area contributed by atoms with E-state index in [9.17, 15) is 5.11 Å². The van der Waals surface area contributed by atoms with Crippen LogP contribution in [0.4, 0.5) is 5.69 Å². The van der Waals surface area contributed by atoms with Crippen molar-refractivity contribution in [3.8, 4) is 11.1 Å². The van der Waals surface area contributed by atoms with Gasteiger partial charge in [-0.15, -0.1) is 0 Å². The number of hydrogen-bond acceptors (Lipinski definition) is 2. The van der Waals surface area contributed by atoms with Crippen molar-refractivity contribution in [2.45, 2.75) is 58.0 Å². The zero-order valence-corrected chi connectivity index (χ0v) is 16.6. The maximum absolute atomic E-state index is 9.72. The molecule has 1 N–H and O–H groups in total. The highest BCUT2D eigenvalue weighted by Gasteiger charge is 2.26. The fourth-order valence-corrected chi connectivity index (χ4v) is 5.16. The zero-order valence-electron chi connectivity index (χ0n) is 16.6. The van der Waals surface area contributed by atoms with Gasteiger partial charge in [0.1, 0.15) is 0 Å². The van der Waals surface area contributed by atoms with Crippen molar-refractivity contribution in [2.75, 3.05) is 18.0 Å². The van der Waals surface area contributed by atoms with Crippen molar-refractivity contribution in [1.29, 1.82) is 0 Å². The Morgan fingerprint density at radius 2 is 1.48 bits per heavy atom. The molecular weight excluding hydrogens is 330 g/mol. The van der Waals surface area contributed by atoms with Gasteiger partial charge in [-0.25, -0.2) is 0 Å². The predicted octanol–water partition coefficient (Wildman–Crippen LogP) is 5.82. The van der Waals surface area contributed by atoms with Gasteiger partial charge in [0.25, 0.3) is 0 Å². The monoisotopic (exact) mass is 363 g/mol. The second kappa shape index (κ2) is 8.48. The molecule has 1 saturated heterocycles. The van der Waals surface area contributed by atoms with E-state index in [0.717, 1.165) is 24.7 Å². The van der Waals surface area contributed by atoms with Gasteiger partial charge in [-0.1, -0.05) is 42.5 Å².